The van der Waals surface area contributed by atoms with Crippen LogP contribution in [0.15, 0.2) is 66.7 Å². The maximum atomic E-state index is 9.18. The molecular weight excluding hydrogens is 759 g/mol. The van der Waals surface area contributed by atoms with Gasteiger partial charge >= 0.3 is 0 Å². The maximum Gasteiger partial charge on any atom is 0.252 e. The molecule has 0 amide bonds. The van der Waals surface area contributed by atoms with Gasteiger partial charge in [0.15, 0.2) is 0 Å². The minimum atomic E-state index is -2.34. The first-order chi connectivity index (χ1) is 30.3. The molecule has 0 radical (unpaired) electrons. The Morgan fingerprint density at radius 2 is 0.857 bits per heavy atom. The quantitative estimate of drug-likeness (QED) is 0.160. The number of benzene rings is 5. The van der Waals surface area contributed by atoms with Gasteiger partial charge < -0.3 is 9.80 Å². The van der Waals surface area contributed by atoms with Gasteiger partial charge in [0, 0.05) is 38.2 Å². The van der Waals surface area contributed by atoms with Gasteiger partial charge in [-0.25, -0.2) is 0 Å². The summed E-state index contributed by atoms with van der Waals surface area (Å²) in [4.78, 5) is 5.01. The number of rotatable bonds is 2. The summed E-state index contributed by atoms with van der Waals surface area (Å²) in [6.07, 6.45) is 5.58. The van der Waals surface area contributed by atoms with Crippen LogP contribution >= 0.6 is 0 Å². The van der Waals surface area contributed by atoms with Crippen LogP contribution in [0.4, 0.5) is 34.1 Å². The summed E-state index contributed by atoms with van der Waals surface area (Å²) >= 11 is 0. The maximum absolute atomic E-state index is 9.18. The lowest BCUT2D eigenvalue weighted by atomic mass is 9.33. The molecule has 2 heterocycles. The Morgan fingerprint density at radius 3 is 1.33 bits per heavy atom. The lowest BCUT2D eigenvalue weighted by Gasteiger charge is -2.48. The molecule has 2 nitrogen and oxygen atoms in total. The van der Waals surface area contributed by atoms with Crippen LogP contribution in [0, 0.1) is 20.7 Å². The van der Waals surface area contributed by atoms with Crippen molar-refractivity contribution in [1.82, 2.24) is 0 Å². The highest BCUT2D eigenvalue weighted by molar-refractivity contribution is 7.00. The summed E-state index contributed by atoms with van der Waals surface area (Å²) in [7, 11) is 0. The zero-order chi connectivity index (χ0) is 48.0. The number of anilines is 6. The average Bonchev–Trinajstić information content (AvgIpc) is 3.38. The smallest absolute Gasteiger partial charge is 0.252 e. The van der Waals surface area contributed by atoms with E-state index in [1.807, 2.05) is 6.07 Å². The molecule has 328 valence electrons. The second kappa shape index (κ2) is 13.0. The second-order valence-electron chi connectivity index (χ2n) is 25.9. The van der Waals surface area contributed by atoms with Gasteiger partial charge in [0.1, 0.15) is 0 Å². The highest BCUT2D eigenvalue weighted by atomic mass is 15.2. The third-order valence-electron chi connectivity index (χ3n) is 17.2. The molecule has 63 heavy (non-hydrogen) atoms. The van der Waals surface area contributed by atoms with Crippen molar-refractivity contribution in [2.45, 2.75) is 195 Å². The van der Waals surface area contributed by atoms with Crippen LogP contribution in [0.1, 0.15) is 196 Å². The van der Waals surface area contributed by atoms with Crippen LogP contribution in [0.3, 0.4) is 0 Å². The van der Waals surface area contributed by atoms with Crippen LogP contribution in [-0.4, -0.2) is 6.71 Å². The molecule has 2 aliphatic heterocycles. The standard InChI is InChI=1S/C60H75BN2/c1-35-25-51-53-52(26-35)63(49-32-44-40(28-37(49)3)59(15,16)34-60(44,17)18)50-33-43-41(56(9,10)22-24-58(43,13)14)30-46(50)61(53)45-29-38(54(4,5)6)19-20-47(45)62(51)48-31-42-39(27-36(48)2)55(7,8)21-23-57(42,11)12/h19-20,25-33H,21-24,34H2,1-18H3/i1D3. The molecule has 3 heteroatoms. The largest absolute Gasteiger partial charge is 0.311 e. The molecule has 3 aliphatic carbocycles. The first kappa shape index (κ1) is 39.2. The van der Waals surface area contributed by atoms with Crippen LogP contribution in [0.5, 0.6) is 0 Å². The van der Waals surface area contributed by atoms with Gasteiger partial charge in [-0.2, -0.15) is 0 Å². The molecule has 0 fully saturated rings. The fraction of sp³-hybridized carbons (Fsp3) is 0.500. The highest BCUT2D eigenvalue weighted by Crippen LogP contribution is 2.56. The van der Waals surface area contributed by atoms with E-state index in [1.165, 1.54) is 72.1 Å². The van der Waals surface area contributed by atoms with Crippen LogP contribution in [-0.2, 0) is 37.9 Å². The molecule has 5 aromatic carbocycles. The van der Waals surface area contributed by atoms with E-state index in [0.29, 0.717) is 5.56 Å². The van der Waals surface area contributed by atoms with Gasteiger partial charge in [-0.15, -0.1) is 0 Å². The van der Waals surface area contributed by atoms with E-state index in [4.69, 9.17) is 0 Å². The monoisotopic (exact) mass is 838 g/mol. The van der Waals surface area contributed by atoms with E-state index >= 15 is 0 Å². The fourth-order valence-corrected chi connectivity index (χ4v) is 13.4. The molecule has 0 bridgehead atoms. The van der Waals surface area contributed by atoms with Crippen molar-refractivity contribution < 1.29 is 4.11 Å². The lowest BCUT2D eigenvalue weighted by Crippen LogP contribution is -2.62. The van der Waals surface area contributed by atoms with Crippen molar-refractivity contribution >= 4 is 57.2 Å². The van der Waals surface area contributed by atoms with Gasteiger partial charge in [0.05, 0.1) is 0 Å². The molecule has 0 saturated carbocycles. The first-order valence-corrected chi connectivity index (χ1v) is 24.2. The number of aryl methyl sites for hydroxylation is 3. The van der Waals surface area contributed by atoms with Crippen LogP contribution < -0.4 is 26.2 Å². The molecule has 0 N–H and O–H groups in total. The fourth-order valence-electron chi connectivity index (χ4n) is 13.4. The molecular formula is C60H75BN2. The Balaban J connectivity index is 1.38. The summed E-state index contributed by atoms with van der Waals surface area (Å²) < 4.78 is 27.5. The number of hydrogen-bond acceptors (Lipinski definition) is 2. The minimum Gasteiger partial charge on any atom is -0.311 e. The molecule has 0 atom stereocenters. The summed E-state index contributed by atoms with van der Waals surface area (Å²) in [5.41, 5.74) is 22.9. The average molecular weight is 838 g/mol. The SMILES string of the molecule is [2H]C([2H])([2H])c1cc2c3c(c1)N(c1cc4c(cc1C)C(C)(C)CC4(C)C)c1cc4c(cc1B3c1cc(C(C)(C)C)ccc1N2c1cc2c(cc1C)C(C)(C)CCC2(C)C)C(C)(C)CCC4(C)C. The topological polar surface area (TPSA) is 6.48 Å². The minimum absolute atomic E-state index is 0.00432. The highest BCUT2D eigenvalue weighted by Gasteiger charge is 2.49. The molecule has 0 spiro atoms. The van der Waals surface area contributed by atoms with Gasteiger partial charge in [-0.3, -0.25) is 0 Å². The Bertz CT molecular complexity index is 2920. The van der Waals surface area contributed by atoms with E-state index in [-0.39, 0.29) is 44.6 Å². The van der Waals surface area contributed by atoms with Gasteiger partial charge in [0.2, 0.25) is 0 Å². The van der Waals surface area contributed by atoms with Gasteiger partial charge in [0.25, 0.3) is 6.71 Å². The molecule has 0 unspecified atom stereocenters. The lowest BCUT2D eigenvalue weighted by molar-refractivity contribution is 0.332. The van der Waals surface area contributed by atoms with Crippen LogP contribution in [0.25, 0.3) is 0 Å². The number of hydrogen-bond donors (Lipinski definition) is 0. The normalized spacial score (nSPS) is 22.1. The summed E-state index contributed by atoms with van der Waals surface area (Å²) in [6.45, 7) is 38.1. The van der Waals surface area contributed by atoms with Crippen molar-refractivity contribution in [3.8, 4) is 0 Å². The summed E-state index contributed by atoms with van der Waals surface area (Å²) in [5, 5.41) is 0. The molecule has 0 aromatic heterocycles. The predicted molar refractivity (Wildman–Crippen MR) is 275 cm³/mol. The Labute approximate surface area is 386 Å². The molecule has 10 rings (SSSR count). The zero-order valence-corrected chi connectivity index (χ0v) is 41.9. The van der Waals surface area contributed by atoms with Gasteiger partial charge in [-0.1, -0.05) is 134 Å². The van der Waals surface area contributed by atoms with Crippen molar-refractivity contribution in [3.05, 3.63) is 122 Å². The third-order valence-corrected chi connectivity index (χ3v) is 17.2. The Kier molecular flexibility index (Phi) is 8.07. The number of nitrogens with zero attached hydrogens (tertiary/aromatic N) is 2. The van der Waals surface area contributed by atoms with E-state index in [2.05, 4.69) is 188 Å². The van der Waals surface area contributed by atoms with Crippen LogP contribution in [0.2, 0.25) is 0 Å². The van der Waals surface area contributed by atoms with E-state index in [0.717, 1.165) is 60.5 Å². The number of fused-ring (bicyclic) bond motifs is 7. The molecule has 0 saturated heterocycles. The second-order valence-corrected chi connectivity index (χ2v) is 25.9. The zero-order valence-electron chi connectivity index (χ0n) is 44.9. The van der Waals surface area contributed by atoms with E-state index in [1.54, 1.807) is 0 Å². The van der Waals surface area contributed by atoms with Crippen molar-refractivity contribution in [1.29, 1.82) is 0 Å². The Morgan fingerprint density at radius 1 is 0.460 bits per heavy atom. The third kappa shape index (κ3) is 6.16. The predicted octanol–water partition coefficient (Wildman–Crippen LogP) is 14.6. The summed E-state index contributed by atoms with van der Waals surface area (Å²) in [5.74, 6) is 0. The molecule has 5 aromatic rings. The van der Waals surface area contributed by atoms with Crippen molar-refractivity contribution in [2.75, 3.05) is 9.80 Å². The van der Waals surface area contributed by atoms with E-state index in [9.17, 15) is 4.11 Å². The van der Waals surface area contributed by atoms with Crippen molar-refractivity contribution in [3.63, 3.8) is 0 Å². The van der Waals surface area contributed by atoms with Crippen molar-refractivity contribution in [2.24, 2.45) is 0 Å². The first-order valence-electron chi connectivity index (χ1n) is 25.7. The van der Waals surface area contributed by atoms with Gasteiger partial charge in [-0.05, 0) is 199 Å². The molecule has 5 aliphatic rings. The van der Waals surface area contributed by atoms with E-state index < -0.39 is 6.85 Å². The Hall–Kier alpha value is -4.24. The summed E-state index contributed by atoms with van der Waals surface area (Å²) in [6, 6.07) is 26.4.